The zero-order chi connectivity index (χ0) is 20.6. The van der Waals surface area contributed by atoms with Gasteiger partial charge < -0.3 is 10.6 Å². The zero-order valence-corrected chi connectivity index (χ0v) is 16.7. The minimum Gasteiger partial charge on any atom is -0.325 e. The molecule has 1 aliphatic heterocycles. The van der Waals surface area contributed by atoms with Gasteiger partial charge in [0.15, 0.2) is 0 Å². The van der Waals surface area contributed by atoms with Crippen molar-refractivity contribution in [3.05, 3.63) is 64.7 Å². The summed E-state index contributed by atoms with van der Waals surface area (Å²) in [4.78, 5) is 39.0. The van der Waals surface area contributed by atoms with Crippen LogP contribution in [0.4, 0.5) is 10.5 Å². The van der Waals surface area contributed by atoms with Crippen LogP contribution >= 0.6 is 0 Å². The Hall–Kier alpha value is -3.15. The van der Waals surface area contributed by atoms with Gasteiger partial charge in [0.25, 0.3) is 5.91 Å². The monoisotopic (exact) mass is 391 g/mol. The molecule has 1 saturated heterocycles. The van der Waals surface area contributed by atoms with Gasteiger partial charge in [0.05, 0.1) is 0 Å². The summed E-state index contributed by atoms with van der Waals surface area (Å²) in [5.41, 5.74) is 3.95. The summed E-state index contributed by atoms with van der Waals surface area (Å²) in [6.07, 6.45) is 4.07. The minimum atomic E-state index is -1.16. The maximum atomic E-state index is 13.1. The molecule has 2 N–H and O–H groups in total. The number of urea groups is 1. The van der Waals surface area contributed by atoms with Crippen LogP contribution in [-0.2, 0) is 34.4 Å². The highest BCUT2D eigenvalue weighted by molar-refractivity contribution is 6.10. The van der Waals surface area contributed by atoms with Gasteiger partial charge in [0.2, 0.25) is 5.91 Å². The minimum absolute atomic E-state index is 0.319. The van der Waals surface area contributed by atoms with E-state index in [-0.39, 0.29) is 6.54 Å². The number of hydrogen-bond acceptors (Lipinski definition) is 3. The molecule has 2 aliphatic rings. The smallest absolute Gasteiger partial charge is 0.325 e. The number of nitrogens with one attached hydrogen (secondary N) is 2. The number of fused-ring (bicyclic) bond motifs is 1. The van der Waals surface area contributed by atoms with Crippen LogP contribution in [0.15, 0.2) is 42.5 Å². The van der Waals surface area contributed by atoms with Crippen LogP contribution in [0, 0.1) is 0 Å². The molecule has 0 radical (unpaired) electrons. The number of amides is 4. The third-order valence-electron chi connectivity index (χ3n) is 5.90. The first-order valence-electron chi connectivity index (χ1n) is 10.1. The third kappa shape index (κ3) is 3.50. The van der Waals surface area contributed by atoms with Gasteiger partial charge in [-0.15, -0.1) is 0 Å². The number of benzene rings is 2. The van der Waals surface area contributed by atoms with Gasteiger partial charge in [0, 0.05) is 5.69 Å². The average molecular weight is 391 g/mol. The SMILES string of the molecule is CCc1ccc(NC(=O)CN2C(=O)NC(C)(c3ccc4c(c3)CCC4)C2=O)cc1. The van der Waals surface area contributed by atoms with Crippen molar-refractivity contribution in [2.45, 2.75) is 45.1 Å². The lowest BCUT2D eigenvalue weighted by Crippen LogP contribution is -2.42. The number of nitrogens with zero attached hydrogens (tertiary/aromatic N) is 1. The van der Waals surface area contributed by atoms with E-state index in [4.69, 9.17) is 0 Å². The molecule has 4 amide bonds. The highest BCUT2D eigenvalue weighted by Crippen LogP contribution is 2.32. The largest absolute Gasteiger partial charge is 0.325 e. The van der Waals surface area contributed by atoms with Crippen molar-refractivity contribution in [3.8, 4) is 0 Å². The van der Waals surface area contributed by atoms with Crippen LogP contribution in [0.2, 0.25) is 0 Å². The molecule has 6 heteroatoms. The number of carbonyl (C=O) groups is 3. The zero-order valence-electron chi connectivity index (χ0n) is 16.7. The number of imide groups is 1. The topological polar surface area (TPSA) is 78.5 Å². The second kappa shape index (κ2) is 7.35. The first kappa shape index (κ1) is 19.2. The molecule has 0 aromatic heterocycles. The summed E-state index contributed by atoms with van der Waals surface area (Å²) in [6, 6.07) is 12.9. The van der Waals surface area contributed by atoms with Crippen molar-refractivity contribution in [2.24, 2.45) is 0 Å². The van der Waals surface area contributed by atoms with Gasteiger partial charge in [0.1, 0.15) is 12.1 Å². The van der Waals surface area contributed by atoms with E-state index in [1.54, 1.807) is 6.92 Å². The Bertz CT molecular complexity index is 983. The van der Waals surface area contributed by atoms with E-state index in [1.807, 2.05) is 42.5 Å². The Morgan fingerprint density at radius 3 is 2.55 bits per heavy atom. The standard InChI is InChI=1S/C23H25N3O3/c1-3-15-7-11-19(12-8-15)24-20(27)14-26-21(28)23(2,25-22(26)29)18-10-9-16-5-4-6-17(16)13-18/h7-13H,3-6,14H2,1-2H3,(H,24,27)(H,25,29). The summed E-state index contributed by atoms with van der Waals surface area (Å²) < 4.78 is 0. The number of anilines is 1. The Morgan fingerprint density at radius 2 is 1.83 bits per heavy atom. The molecular formula is C23H25N3O3. The van der Waals surface area contributed by atoms with Gasteiger partial charge in [-0.25, -0.2) is 4.79 Å². The highest BCUT2D eigenvalue weighted by Gasteiger charge is 2.49. The maximum Gasteiger partial charge on any atom is 0.325 e. The second-order valence-corrected chi connectivity index (χ2v) is 7.88. The van der Waals surface area contributed by atoms with Gasteiger partial charge >= 0.3 is 6.03 Å². The molecule has 0 spiro atoms. The van der Waals surface area contributed by atoms with Gasteiger partial charge in [-0.2, -0.15) is 0 Å². The van der Waals surface area contributed by atoms with Crippen LogP contribution in [0.3, 0.4) is 0 Å². The summed E-state index contributed by atoms with van der Waals surface area (Å²) in [5.74, 6) is -0.812. The molecule has 1 heterocycles. The molecule has 0 saturated carbocycles. The highest BCUT2D eigenvalue weighted by atomic mass is 16.2. The molecule has 2 aromatic carbocycles. The molecule has 1 atom stereocenters. The third-order valence-corrected chi connectivity index (χ3v) is 5.90. The Morgan fingerprint density at radius 1 is 1.10 bits per heavy atom. The fourth-order valence-corrected chi connectivity index (χ4v) is 4.09. The van der Waals surface area contributed by atoms with Crippen molar-refractivity contribution in [1.82, 2.24) is 10.2 Å². The van der Waals surface area contributed by atoms with Crippen molar-refractivity contribution < 1.29 is 14.4 Å². The lowest BCUT2D eigenvalue weighted by molar-refractivity contribution is -0.133. The summed E-state index contributed by atoms with van der Waals surface area (Å²) in [7, 11) is 0. The van der Waals surface area contributed by atoms with Crippen molar-refractivity contribution in [3.63, 3.8) is 0 Å². The number of hydrogen-bond donors (Lipinski definition) is 2. The normalized spacial score (nSPS) is 20.6. The summed E-state index contributed by atoms with van der Waals surface area (Å²) in [5, 5.41) is 5.53. The summed E-state index contributed by atoms with van der Waals surface area (Å²) in [6.45, 7) is 3.44. The van der Waals surface area contributed by atoms with Crippen molar-refractivity contribution in [1.29, 1.82) is 0 Å². The van der Waals surface area contributed by atoms with Crippen LogP contribution < -0.4 is 10.6 Å². The van der Waals surface area contributed by atoms with E-state index in [2.05, 4.69) is 17.6 Å². The molecule has 150 valence electrons. The Labute approximate surface area is 170 Å². The molecule has 4 rings (SSSR count). The summed E-state index contributed by atoms with van der Waals surface area (Å²) >= 11 is 0. The molecular weight excluding hydrogens is 366 g/mol. The van der Waals surface area contributed by atoms with E-state index in [9.17, 15) is 14.4 Å². The average Bonchev–Trinajstić information content (AvgIpc) is 3.27. The fourth-order valence-electron chi connectivity index (χ4n) is 4.09. The van der Waals surface area contributed by atoms with Gasteiger partial charge in [-0.05, 0) is 67.0 Å². The van der Waals surface area contributed by atoms with Crippen LogP contribution in [-0.4, -0.2) is 29.3 Å². The second-order valence-electron chi connectivity index (χ2n) is 7.88. The predicted molar refractivity (Wildman–Crippen MR) is 111 cm³/mol. The van der Waals surface area contributed by atoms with E-state index in [1.165, 1.54) is 16.7 Å². The van der Waals surface area contributed by atoms with E-state index < -0.39 is 23.4 Å². The van der Waals surface area contributed by atoms with Gasteiger partial charge in [-0.1, -0.05) is 37.3 Å². The van der Waals surface area contributed by atoms with Gasteiger partial charge in [-0.3, -0.25) is 14.5 Å². The molecule has 0 bridgehead atoms. The molecule has 6 nitrogen and oxygen atoms in total. The molecule has 1 aliphatic carbocycles. The predicted octanol–water partition coefficient (Wildman–Crippen LogP) is 3.14. The van der Waals surface area contributed by atoms with Crippen molar-refractivity contribution >= 4 is 23.5 Å². The molecule has 29 heavy (non-hydrogen) atoms. The Balaban J connectivity index is 1.48. The number of rotatable bonds is 5. The first-order valence-corrected chi connectivity index (χ1v) is 10.1. The maximum absolute atomic E-state index is 13.1. The molecule has 1 unspecified atom stereocenters. The Kier molecular flexibility index (Phi) is 4.86. The van der Waals surface area contributed by atoms with E-state index in [0.29, 0.717) is 5.69 Å². The molecule has 1 fully saturated rings. The van der Waals surface area contributed by atoms with Crippen LogP contribution in [0.1, 0.15) is 42.5 Å². The lowest BCUT2D eigenvalue weighted by atomic mass is 9.89. The lowest BCUT2D eigenvalue weighted by Gasteiger charge is -2.23. The van der Waals surface area contributed by atoms with Crippen LogP contribution in [0.5, 0.6) is 0 Å². The van der Waals surface area contributed by atoms with E-state index in [0.717, 1.165) is 36.1 Å². The number of carbonyl (C=O) groups excluding carboxylic acids is 3. The van der Waals surface area contributed by atoms with E-state index >= 15 is 0 Å². The molecule has 2 aromatic rings. The number of aryl methyl sites for hydroxylation is 3. The van der Waals surface area contributed by atoms with Crippen LogP contribution in [0.25, 0.3) is 0 Å². The fraction of sp³-hybridized carbons (Fsp3) is 0.348. The quantitative estimate of drug-likeness (QED) is 0.769. The first-order chi connectivity index (χ1) is 13.9. The van der Waals surface area contributed by atoms with Crippen molar-refractivity contribution in [2.75, 3.05) is 11.9 Å².